The molecule has 2 aliphatic rings. The fraction of sp³-hybridized carbons (Fsp3) is 0.550. The number of nitrogens with zero attached hydrogens (tertiary/aromatic N) is 1. The number of imide groups is 1. The van der Waals surface area contributed by atoms with Gasteiger partial charge in [-0.15, -0.1) is 0 Å². The highest BCUT2D eigenvalue weighted by Gasteiger charge is 2.39. The number of hydrogen-bond donors (Lipinski definition) is 1. The summed E-state index contributed by atoms with van der Waals surface area (Å²) in [5, 5.41) is 2.31. The van der Waals surface area contributed by atoms with Crippen LogP contribution in [0.1, 0.15) is 48.0 Å². The lowest BCUT2D eigenvalue weighted by molar-refractivity contribution is -0.136. The highest BCUT2D eigenvalue weighted by molar-refractivity contribution is 6.05. The molecule has 8 heteroatoms. The fourth-order valence-corrected chi connectivity index (χ4v) is 3.58. The van der Waals surface area contributed by atoms with E-state index in [-0.39, 0.29) is 24.5 Å². The molecule has 0 spiro atoms. The molecule has 1 unspecified atom stereocenters. The number of amides is 3. The first-order valence-electron chi connectivity index (χ1n) is 9.49. The van der Waals surface area contributed by atoms with Crippen molar-refractivity contribution in [1.82, 2.24) is 10.2 Å². The summed E-state index contributed by atoms with van der Waals surface area (Å²) in [6.45, 7) is 0.907. The summed E-state index contributed by atoms with van der Waals surface area (Å²) in [6.07, 6.45) is 3.00. The van der Waals surface area contributed by atoms with Crippen molar-refractivity contribution in [2.75, 3.05) is 20.8 Å². The maximum Gasteiger partial charge on any atom is 0.255 e. The monoisotopic (exact) mass is 390 g/mol. The van der Waals surface area contributed by atoms with Gasteiger partial charge in [-0.05, 0) is 49.4 Å². The van der Waals surface area contributed by atoms with E-state index in [2.05, 4.69) is 5.32 Å². The molecule has 28 heavy (non-hydrogen) atoms. The molecule has 3 rings (SSSR count). The molecule has 2 aliphatic heterocycles. The van der Waals surface area contributed by atoms with Gasteiger partial charge in [-0.25, -0.2) is 0 Å². The number of fused-ring (bicyclic) bond motifs is 1. The van der Waals surface area contributed by atoms with E-state index in [0.717, 1.165) is 24.8 Å². The molecule has 1 aromatic carbocycles. The number of methoxy groups -OCH3 is 2. The van der Waals surface area contributed by atoms with E-state index in [0.29, 0.717) is 30.9 Å². The minimum atomic E-state index is -0.600. The molecule has 3 amide bonds. The lowest BCUT2D eigenvalue weighted by atomic mass is 10.0. The van der Waals surface area contributed by atoms with Gasteiger partial charge < -0.3 is 19.1 Å². The van der Waals surface area contributed by atoms with Crippen LogP contribution in [-0.2, 0) is 25.6 Å². The number of hydrogen-bond acceptors (Lipinski definition) is 6. The first-order chi connectivity index (χ1) is 13.5. The Morgan fingerprint density at radius 1 is 1.18 bits per heavy atom. The Kier molecular flexibility index (Phi) is 6.64. The molecule has 1 saturated heterocycles. The van der Waals surface area contributed by atoms with Crippen LogP contribution in [0.3, 0.4) is 0 Å². The second-order valence-electron chi connectivity index (χ2n) is 6.96. The molecule has 1 N–H and O–H groups in total. The van der Waals surface area contributed by atoms with Crippen molar-refractivity contribution in [1.29, 1.82) is 0 Å². The molecule has 1 fully saturated rings. The topological polar surface area (TPSA) is 94.2 Å². The van der Waals surface area contributed by atoms with E-state index >= 15 is 0 Å². The van der Waals surface area contributed by atoms with E-state index < -0.39 is 11.9 Å². The third-order valence-corrected chi connectivity index (χ3v) is 5.12. The van der Waals surface area contributed by atoms with Gasteiger partial charge in [-0.3, -0.25) is 19.7 Å². The largest absolute Gasteiger partial charge is 0.494 e. The summed E-state index contributed by atoms with van der Waals surface area (Å²) in [6, 6.07) is 4.77. The third-order valence-electron chi connectivity index (χ3n) is 5.12. The molecule has 0 aromatic heterocycles. The van der Waals surface area contributed by atoms with Crippen molar-refractivity contribution in [2.24, 2.45) is 0 Å². The predicted octanol–water partition coefficient (Wildman–Crippen LogP) is 1.62. The lowest BCUT2D eigenvalue weighted by Gasteiger charge is -2.29. The van der Waals surface area contributed by atoms with E-state index in [1.54, 1.807) is 26.4 Å². The SMILES string of the molecule is COC(CCCCOc1ccc2c(c1)CN(C1CCC(=O)NC1=O)C2=O)OC. The number of benzene rings is 1. The Bertz CT molecular complexity index is 746. The maximum atomic E-state index is 12.7. The second-order valence-corrected chi connectivity index (χ2v) is 6.96. The lowest BCUT2D eigenvalue weighted by Crippen LogP contribution is -2.52. The van der Waals surface area contributed by atoms with Crippen molar-refractivity contribution < 1.29 is 28.6 Å². The van der Waals surface area contributed by atoms with Crippen LogP contribution in [0, 0.1) is 0 Å². The maximum absolute atomic E-state index is 12.7. The predicted molar refractivity (Wildman–Crippen MR) is 99.6 cm³/mol. The number of carbonyl (C=O) groups excluding carboxylic acids is 3. The van der Waals surface area contributed by atoms with Gasteiger partial charge in [0.2, 0.25) is 11.8 Å². The van der Waals surface area contributed by atoms with E-state index in [4.69, 9.17) is 14.2 Å². The second kappa shape index (κ2) is 9.16. The molecule has 0 bridgehead atoms. The summed E-state index contributed by atoms with van der Waals surface area (Å²) in [5.74, 6) is -0.171. The van der Waals surface area contributed by atoms with Crippen molar-refractivity contribution in [3.63, 3.8) is 0 Å². The highest BCUT2D eigenvalue weighted by Crippen LogP contribution is 2.30. The molecular weight excluding hydrogens is 364 g/mol. The molecule has 0 radical (unpaired) electrons. The van der Waals surface area contributed by atoms with Crippen LogP contribution in [0.4, 0.5) is 0 Å². The average molecular weight is 390 g/mol. The minimum Gasteiger partial charge on any atom is -0.494 e. The van der Waals surface area contributed by atoms with Crippen molar-refractivity contribution >= 4 is 17.7 Å². The Labute approximate surface area is 164 Å². The van der Waals surface area contributed by atoms with Crippen LogP contribution in [0.2, 0.25) is 0 Å². The molecule has 8 nitrogen and oxygen atoms in total. The van der Waals surface area contributed by atoms with Crippen molar-refractivity contribution in [3.05, 3.63) is 29.3 Å². The van der Waals surface area contributed by atoms with Crippen LogP contribution in [0.25, 0.3) is 0 Å². The van der Waals surface area contributed by atoms with Gasteiger partial charge in [0.15, 0.2) is 6.29 Å². The average Bonchev–Trinajstić information content (AvgIpc) is 3.00. The van der Waals surface area contributed by atoms with Crippen LogP contribution in [0.15, 0.2) is 18.2 Å². The number of carbonyl (C=O) groups is 3. The summed E-state index contributed by atoms with van der Waals surface area (Å²) in [5.41, 5.74) is 1.42. The van der Waals surface area contributed by atoms with Gasteiger partial charge in [-0.1, -0.05) is 0 Å². The molecule has 0 aliphatic carbocycles. The summed E-state index contributed by atoms with van der Waals surface area (Å²) >= 11 is 0. The summed E-state index contributed by atoms with van der Waals surface area (Å²) in [7, 11) is 3.24. The quantitative estimate of drug-likeness (QED) is 0.391. The highest BCUT2D eigenvalue weighted by atomic mass is 16.7. The van der Waals surface area contributed by atoms with E-state index in [9.17, 15) is 14.4 Å². The number of piperidine rings is 1. The van der Waals surface area contributed by atoms with Gasteiger partial charge in [0.1, 0.15) is 11.8 Å². The van der Waals surface area contributed by atoms with Crippen LogP contribution >= 0.6 is 0 Å². The molecule has 2 heterocycles. The number of ether oxygens (including phenoxy) is 3. The molecule has 0 saturated carbocycles. The van der Waals surface area contributed by atoms with Crippen molar-refractivity contribution in [3.8, 4) is 5.75 Å². The Balaban J connectivity index is 1.53. The zero-order valence-electron chi connectivity index (χ0n) is 16.2. The summed E-state index contributed by atoms with van der Waals surface area (Å²) < 4.78 is 16.1. The van der Waals surface area contributed by atoms with Gasteiger partial charge in [-0.2, -0.15) is 0 Å². The molecular formula is C20H26N2O6. The number of nitrogens with one attached hydrogen (secondary N) is 1. The molecule has 1 atom stereocenters. The summed E-state index contributed by atoms with van der Waals surface area (Å²) in [4.78, 5) is 37.6. The smallest absolute Gasteiger partial charge is 0.255 e. The van der Waals surface area contributed by atoms with Crippen LogP contribution in [0.5, 0.6) is 5.75 Å². The Hall–Kier alpha value is -2.45. The number of rotatable bonds is 9. The zero-order valence-corrected chi connectivity index (χ0v) is 16.2. The fourth-order valence-electron chi connectivity index (χ4n) is 3.58. The van der Waals surface area contributed by atoms with Crippen molar-refractivity contribution in [2.45, 2.75) is 51.0 Å². The Morgan fingerprint density at radius 2 is 1.96 bits per heavy atom. The first kappa shape index (κ1) is 20.3. The zero-order chi connectivity index (χ0) is 20.1. The third kappa shape index (κ3) is 4.51. The van der Waals surface area contributed by atoms with E-state index in [1.807, 2.05) is 6.07 Å². The number of unbranched alkanes of at least 4 members (excludes halogenated alkanes) is 1. The molecule has 152 valence electrons. The van der Waals surface area contributed by atoms with Gasteiger partial charge in [0.25, 0.3) is 5.91 Å². The molecule has 1 aromatic rings. The van der Waals surface area contributed by atoms with Crippen LogP contribution < -0.4 is 10.1 Å². The minimum absolute atomic E-state index is 0.179. The Morgan fingerprint density at radius 3 is 2.68 bits per heavy atom. The normalized spacial score (nSPS) is 19.2. The van der Waals surface area contributed by atoms with E-state index in [1.165, 1.54) is 4.90 Å². The van der Waals surface area contributed by atoms with Crippen LogP contribution in [-0.4, -0.2) is 55.8 Å². The van der Waals surface area contributed by atoms with Gasteiger partial charge in [0.05, 0.1) is 6.61 Å². The van der Waals surface area contributed by atoms with Gasteiger partial charge >= 0.3 is 0 Å². The first-order valence-corrected chi connectivity index (χ1v) is 9.49. The standard InChI is InChI=1S/C20H26N2O6/c1-26-18(27-2)5-3-4-10-28-14-6-7-15-13(11-14)12-22(20(15)25)16-8-9-17(23)21-19(16)24/h6-7,11,16,18H,3-5,8-10,12H2,1-2H3,(H,21,23,24). The van der Waals surface area contributed by atoms with Gasteiger partial charge in [0, 0.05) is 32.7 Å².